The van der Waals surface area contributed by atoms with Gasteiger partial charge in [0.05, 0.1) is 0 Å². The maximum atomic E-state index is 4.43. The van der Waals surface area contributed by atoms with Gasteiger partial charge in [0, 0.05) is 12.0 Å². The smallest absolute Gasteiger partial charge is 0.134 e. The fraction of sp³-hybridized carbons (Fsp3) is 0.600. The molecule has 4 heteroatoms. The second-order valence-electron chi connectivity index (χ2n) is 3.71. The lowest BCUT2D eigenvalue weighted by Gasteiger charge is -2.20. The van der Waals surface area contributed by atoms with Gasteiger partial charge in [0.1, 0.15) is 15.0 Å². The first-order chi connectivity index (χ1) is 6.75. The van der Waals surface area contributed by atoms with Crippen LogP contribution in [0.4, 0.5) is 0 Å². The van der Waals surface area contributed by atoms with Gasteiger partial charge in [-0.15, -0.1) is 0 Å². The highest BCUT2D eigenvalue weighted by atomic mass is 79.9. The Kier molecular flexibility index (Phi) is 3.55. The summed E-state index contributed by atoms with van der Waals surface area (Å²) in [4.78, 5) is 8.87. The lowest BCUT2D eigenvalue weighted by Crippen LogP contribution is -2.08. The summed E-state index contributed by atoms with van der Waals surface area (Å²) in [6.45, 7) is 0. The highest BCUT2D eigenvalue weighted by Crippen LogP contribution is 2.31. The average molecular weight is 320 g/mol. The van der Waals surface area contributed by atoms with Crippen LogP contribution in [0.5, 0.6) is 0 Å². The van der Waals surface area contributed by atoms with Crippen molar-refractivity contribution in [2.24, 2.45) is 0 Å². The molecule has 1 aromatic heterocycles. The van der Waals surface area contributed by atoms with Crippen molar-refractivity contribution < 1.29 is 0 Å². The number of halogens is 2. The zero-order chi connectivity index (χ0) is 9.97. The Morgan fingerprint density at radius 3 is 2.14 bits per heavy atom. The molecule has 1 aliphatic carbocycles. The van der Waals surface area contributed by atoms with E-state index in [4.69, 9.17) is 0 Å². The van der Waals surface area contributed by atoms with E-state index in [9.17, 15) is 0 Å². The second kappa shape index (κ2) is 4.71. The van der Waals surface area contributed by atoms with Gasteiger partial charge in [-0.3, -0.25) is 0 Å². The zero-order valence-electron chi connectivity index (χ0n) is 7.84. The molecule has 14 heavy (non-hydrogen) atoms. The Morgan fingerprint density at radius 1 is 1.00 bits per heavy atom. The Bertz CT molecular complexity index is 302. The Morgan fingerprint density at radius 2 is 1.57 bits per heavy atom. The standard InChI is InChI=1S/C10H12Br2N2/c11-8-6-9(12)14-10(13-8)7-4-2-1-3-5-7/h6-7H,1-5H2. The molecule has 76 valence electrons. The summed E-state index contributed by atoms with van der Waals surface area (Å²) in [6, 6.07) is 1.88. The molecule has 2 rings (SSSR count). The molecule has 0 bridgehead atoms. The van der Waals surface area contributed by atoms with Gasteiger partial charge in [0.15, 0.2) is 0 Å². The molecule has 0 saturated heterocycles. The largest absolute Gasteiger partial charge is 0.226 e. The third kappa shape index (κ3) is 2.54. The molecule has 0 atom stereocenters. The van der Waals surface area contributed by atoms with Gasteiger partial charge in [-0.25, -0.2) is 9.97 Å². The number of nitrogens with zero attached hydrogens (tertiary/aromatic N) is 2. The minimum Gasteiger partial charge on any atom is -0.226 e. The van der Waals surface area contributed by atoms with E-state index in [2.05, 4.69) is 41.8 Å². The molecule has 0 unspecified atom stereocenters. The zero-order valence-corrected chi connectivity index (χ0v) is 11.0. The quantitative estimate of drug-likeness (QED) is 0.730. The summed E-state index contributed by atoms with van der Waals surface area (Å²) in [5.41, 5.74) is 0. The maximum absolute atomic E-state index is 4.43. The van der Waals surface area contributed by atoms with E-state index in [1.165, 1.54) is 32.1 Å². The summed E-state index contributed by atoms with van der Waals surface area (Å²) >= 11 is 6.80. The maximum Gasteiger partial charge on any atom is 0.134 e. The molecule has 1 aromatic rings. The van der Waals surface area contributed by atoms with Crippen LogP contribution in [-0.4, -0.2) is 9.97 Å². The molecule has 0 radical (unpaired) electrons. The molecule has 0 amide bonds. The summed E-state index contributed by atoms with van der Waals surface area (Å²) in [5.74, 6) is 1.56. The molecule has 0 aromatic carbocycles. The van der Waals surface area contributed by atoms with E-state index >= 15 is 0 Å². The Hall–Kier alpha value is 0.0400. The molecule has 0 spiro atoms. The minimum atomic E-state index is 0.567. The van der Waals surface area contributed by atoms with Crippen molar-refractivity contribution in [3.8, 4) is 0 Å². The van der Waals surface area contributed by atoms with E-state index in [-0.39, 0.29) is 0 Å². The predicted molar refractivity (Wildman–Crippen MR) is 63.3 cm³/mol. The first kappa shape index (κ1) is 10.6. The third-order valence-corrected chi connectivity index (χ3v) is 3.46. The molecule has 0 aliphatic heterocycles. The summed E-state index contributed by atoms with van der Waals surface area (Å²) in [7, 11) is 0. The normalized spacial score (nSPS) is 18.4. The molecule has 1 heterocycles. The average Bonchev–Trinajstić information content (AvgIpc) is 2.18. The van der Waals surface area contributed by atoms with Gasteiger partial charge >= 0.3 is 0 Å². The highest BCUT2D eigenvalue weighted by molar-refractivity contribution is 9.11. The lowest BCUT2D eigenvalue weighted by molar-refractivity contribution is 0.427. The number of aromatic nitrogens is 2. The summed E-state index contributed by atoms with van der Waals surface area (Å²) in [5, 5.41) is 0. The Labute approximate surface area is 101 Å². The third-order valence-electron chi connectivity index (χ3n) is 2.65. The van der Waals surface area contributed by atoms with Crippen molar-refractivity contribution in [2.45, 2.75) is 38.0 Å². The molecule has 0 N–H and O–H groups in total. The highest BCUT2D eigenvalue weighted by Gasteiger charge is 2.18. The molecule has 1 fully saturated rings. The van der Waals surface area contributed by atoms with Crippen LogP contribution < -0.4 is 0 Å². The van der Waals surface area contributed by atoms with Crippen molar-refractivity contribution in [3.63, 3.8) is 0 Å². The van der Waals surface area contributed by atoms with Crippen LogP contribution in [0.15, 0.2) is 15.3 Å². The number of rotatable bonds is 1. The summed E-state index contributed by atoms with van der Waals surface area (Å²) in [6.07, 6.45) is 6.48. The molecular formula is C10H12Br2N2. The van der Waals surface area contributed by atoms with Gasteiger partial charge in [-0.1, -0.05) is 19.3 Å². The fourth-order valence-electron chi connectivity index (χ4n) is 1.95. The van der Waals surface area contributed by atoms with Crippen molar-refractivity contribution in [1.29, 1.82) is 0 Å². The topological polar surface area (TPSA) is 25.8 Å². The Balaban J connectivity index is 2.21. The summed E-state index contributed by atoms with van der Waals surface area (Å²) < 4.78 is 1.75. The predicted octanol–water partition coefficient (Wildman–Crippen LogP) is 4.05. The first-order valence-electron chi connectivity index (χ1n) is 4.95. The lowest BCUT2D eigenvalue weighted by atomic mass is 9.89. The van der Waals surface area contributed by atoms with Gasteiger partial charge in [0.25, 0.3) is 0 Å². The van der Waals surface area contributed by atoms with E-state index in [0.29, 0.717) is 5.92 Å². The van der Waals surface area contributed by atoms with Crippen molar-refractivity contribution in [3.05, 3.63) is 21.1 Å². The van der Waals surface area contributed by atoms with E-state index in [1.54, 1.807) is 0 Å². The van der Waals surface area contributed by atoms with E-state index < -0.39 is 0 Å². The molecular weight excluding hydrogens is 308 g/mol. The van der Waals surface area contributed by atoms with Crippen LogP contribution in [0.2, 0.25) is 0 Å². The van der Waals surface area contributed by atoms with E-state index in [1.807, 2.05) is 6.07 Å². The van der Waals surface area contributed by atoms with Crippen molar-refractivity contribution in [2.75, 3.05) is 0 Å². The minimum absolute atomic E-state index is 0.567. The number of hydrogen-bond donors (Lipinski definition) is 0. The second-order valence-corrected chi connectivity index (χ2v) is 5.33. The van der Waals surface area contributed by atoms with Gasteiger partial charge in [0.2, 0.25) is 0 Å². The SMILES string of the molecule is Brc1cc(Br)nc(C2CCCCC2)n1. The monoisotopic (exact) mass is 318 g/mol. The van der Waals surface area contributed by atoms with Crippen molar-refractivity contribution in [1.82, 2.24) is 9.97 Å². The van der Waals surface area contributed by atoms with Gasteiger partial charge in [-0.2, -0.15) is 0 Å². The molecule has 2 nitrogen and oxygen atoms in total. The van der Waals surface area contributed by atoms with Gasteiger partial charge in [-0.05, 0) is 44.7 Å². The van der Waals surface area contributed by atoms with Crippen molar-refractivity contribution >= 4 is 31.9 Å². The van der Waals surface area contributed by atoms with Crippen LogP contribution in [0.25, 0.3) is 0 Å². The van der Waals surface area contributed by atoms with Gasteiger partial charge < -0.3 is 0 Å². The number of hydrogen-bond acceptors (Lipinski definition) is 2. The van der Waals surface area contributed by atoms with Crippen LogP contribution in [0.1, 0.15) is 43.8 Å². The molecule has 1 saturated carbocycles. The van der Waals surface area contributed by atoms with E-state index in [0.717, 1.165) is 15.0 Å². The van der Waals surface area contributed by atoms with Crippen LogP contribution >= 0.6 is 31.9 Å². The van der Waals surface area contributed by atoms with Crippen LogP contribution in [0.3, 0.4) is 0 Å². The molecule has 1 aliphatic rings. The van der Waals surface area contributed by atoms with Crippen LogP contribution in [-0.2, 0) is 0 Å². The fourth-order valence-corrected chi connectivity index (χ4v) is 3.05. The first-order valence-corrected chi connectivity index (χ1v) is 6.54. The van der Waals surface area contributed by atoms with Crippen LogP contribution in [0, 0.1) is 0 Å².